The summed E-state index contributed by atoms with van der Waals surface area (Å²) in [4.78, 5) is 11.0. The Balaban J connectivity index is 1.69. The number of likely N-dealkylation sites (tertiary alicyclic amines) is 1. The van der Waals surface area contributed by atoms with Crippen molar-refractivity contribution in [2.75, 3.05) is 26.2 Å². The number of nitrogens with zero attached hydrogens (tertiary/aromatic N) is 3. The van der Waals surface area contributed by atoms with E-state index in [0.717, 1.165) is 18.8 Å². The van der Waals surface area contributed by atoms with Gasteiger partial charge in [0.25, 0.3) is 0 Å². The van der Waals surface area contributed by atoms with E-state index in [1.165, 1.54) is 25.9 Å². The van der Waals surface area contributed by atoms with Gasteiger partial charge in [-0.1, -0.05) is 13.8 Å². The lowest BCUT2D eigenvalue weighted by atomic mass is 10.3. The second-order valence-electron chi connectivity index (χ2n) is 5.28. The van der Waals surface area contributed by atoms with Crippen LogP contribution >= 0.6 is 0 Å². The van der Waals surface area contributed by atoms with E-state index in [4.69, 9.17) is 4.74 Å². The van der Waals surface area contributed by atoms with Crippen molar-refractivity contribution in [3.8, 4) is 5.88 Å². The van der Waals surface area contributed by atoms with Crippen LogP contribution in [0.15, 0.2) is 12.4 Å². The minimum atomic E-state index is 0.457. The molecule has 19 heavy (non-hydrogen) atoms. The van der Waals surface area contributed by atoms with Gasteiger partial charge in [0, 0.05) is 19.1 Å². The topological polar surface area (TPSA) is 50.3 Å². The number of rotatable bonds is 7. The molecular formula is C14H24N4O. The third-order valence-corrected chi connectivity index (χ3v) is 3.23. The number of nitrogens with one attached hydrogen (secondary N) is 1. The predicted octanol–water partition coefficient (Wildman–Crippen LogP) is 1.45. The van der Waals surface area contributed by atoms with Crippen LogP contribution in [0.2, 0.25) is 0 Å². The minimum Gasteiger partial charge on any atom is -0.475 e. The molecule has 0 atom stereocenters. The molecule has 5 heteroatoms. The molecule has 0 aromatic carbocycles. The zero-order valence-electron chi connectivity index (χ0n) is 11.9. The molecule has 0 bridgehead atoms. The maximum atomic E-state index is 5.61. The Morgan fingerprint density at radius 1 is 1.26 bits per heavy atom. The summed E-state index contributed by atoms with van der Waals surface area (Å²) in [6, 6.07) is 0.457. The van der Waals surface area contributed by atoms with Crippen molar-refractivity contribution in [3.05, 3.63) is 18.1 Å². The van der Waals surface area contributed by atoms with Crippen LogP contribution in [0.1, 0.15) is 32.4 Å². The Morgan fingerprint density at radius 3 is 2.68 bits per heavy atom. The molecule has 1 fully saturated rings. The van der Waals surface area contributed by atoms with Crippen molar-refractivity contribution in [1.82, 2.24) is 20.2 Å². The van der Waals surface area contributed by atoms with Gasteiger partial charge in [-0.05, 0) is 25.9 Å². The maximum Gasteiger partial charge on any atom is 0.232 e. The molecule has 2 rings (SSSR count). The first-order valence-corrected chi connectivity index (χ1v) is 7.13. The lowest BCUT2D eigenvalue weighted by Gasteiger charge is -2.14. The summed E-state index contributed by atoms with van der Waals surface area (Å²) < 4.78 is 5.61. The van der Waals surface area contributed by atoms with Crippen molar-refractivity contribution in [2.45, 2.75) is 39.3 Å². The quantitative estimate of drug-likeness (QED) is 0.808. The van der Waals surface area contributed by atoms with Crippen LogP contribution in [-0.2, 0) is 6.54 Å². The third kappa shape index (κ3) is 5.12. The van der Waals surface area contributed by atoms with E-state index in [0.29, 0.717) is 18.5 Å². The molecule has 5 nitrogen and oxygen atoms in total. The molecule has 1 N–H and O–H groups in total. The normalized spacial score (nSPS) is 16.2. The predicted molar refractivity (Wildman–Crippen MR) is 75.2 cm³/mol. The Kier molecular flexibility index (Phi) is 5.54. The van der Waals surface area contributed by atoms with Gasteiger partial charge in [0.05, 0.1) is 18.1 Å². The standard InChI is InChI=1S/C14H24N4O/c1-12(2)15-9-13-10-17-14(11-16-13)19-8-7-18-5-3-4-6-18/h10-12,15H,3-9H2,1-2H3. The number of aromatic nitrogens is 2. The average molecular weight is 264 g/mol. The van der Waals surface area contributed by atoms with Crippen molar-refractivity contribution in [2.24, 2.45) is 0 Å². The molecule has 1 aromatic heterocycles. The van der Waals surface area contributed by atoms with Gasteiger partial charge in [-0.3, -0.25) is 9.88 Å². The molecule has 0 amide bonds. The minimum absolute atomic E-state index is 0.457. The van der Waals surface area contributed by atoms with Crippen molar-refractivity contribution < 1.29 is 4.74 Å². The molecule has 0 aliphatic carbocycles. The first-order chi connectivity index (χ1) is 9.24. The zero-order chi connectivity index (χ0) is 13.5. The summed E-state index contributed by atoms with van der Waals surface area (Å²) >= 11 is 0. The Hall–Kier alpha value is -1.20. The van der Waals surface area contributed by atoms with Crippen LogP contribution in [0.5, 0.6) is 5.88 Å². The molecule has 0 radical (unpaired) electrons. The van der Waals surface area contributed by atoms with Gasteiger partial charge in [0.2, 0.25) is 5.88 Å². The summed E-state index contributed by atoms with van der Waals surface area (Å²) in [6.45, 7) is 9.06. The first kappa shape index (κ1) is 14.2. The molecule has 1 saturated heterocycles. The molecule has 1 aromatic rings. The Bertz CT molecular complexity index is 360. The maximum absolute atomic E-state index is 5.61. The van der Waals surface area contributed by atoms with E-state index in [1.807, 2.05) is 0 Å². The zero-order valence-corrected chi connectivity index (χ0v) is 11.9. The Morgan fingerprint density at radius 2 is 2.05 bits per heavy atom. The molecule has 0 unspecified atom stereocenters. The van der Waals surface area contributed by atoms with E-state index >= 15 is 0 Å². The number of hydrogen-bond donors (Lipinski definition) is 1. The van der Waals surface area contributed by atoms with E-state index in [9.17, 15) is 0 Å². The van der Waals surface area contributed by atoms with E-state index in [1.54, 1.807) is 12.4 Å². The van der Waals surface area contributed by atoms with Gasteiger partial charge < -0.3 is 10.1 Å². The van der Waals surface area contributed by atoms with Gasteiger partial charge in [-0.25, -0.2) is 4.98 Å². The molecule has 106 valence electrons. The van der Waals surface area contributed by atoms with Crippen LogP contribution in [0.4, 0.5) is 0 Å². The van der Waals surface area contributed by atoms with E-state index in [-0.39, 0.29) is 0 Å². The summed E-state index contributed by atoms with van der Waals surface area (Å²) in [5.74, 6) is 0.618. The van der Waals surface area contributed by atoms with Gasteiger partial charge >= 0.3 is 0 Å². The molecular weight excluding hydrogens is 240 g/mol. The van der Waals surface area contributed by atoms with Crippen LogP contribution in [0.3, 0.4) is 0 Å². The van der Waals surface area contributed by atoms with Crippen LogP contribution in [-0.4, -0.2) is 47.2 Å². The first-order valence-electron chi connectivity index (χ1n) is 7.13. The monoisotopic (exact) mass is 264 g/mol. The lowest BCUT2D eigenvalue weighted by molar-refractivity contribution is 0.231. The third-order valence-electron chi connectivity index (χ3n) is 3.23. The highest BCUT2D eigenvalue weighted by molar-refractivity contribution is 5.07. The molecule has 2 heterocycles. The summed E-state index contributed by atoms with van der Waals surface area (Å²) in [5.41, 5.74) is 0.945. The fraction of sp³-hybridized carbons (Fsp3) is 0.714. The smallest absolute Gasteiger partial charge is 0.232 e. The fourth-order valence-corrected chi connectivity index (χ4v) is 2.10. The summed E-state index contributed by atoms with van der Waals surface area (Å²) in [6.07, 6.45) is 6.12. The second kappa shape index (κ2) is 7.40. The summed E-state index contributed by atoms with van der Waals surface area (Å²) in [5, 5.41) is 3.31. The van der Waals surface area contributed by atoms with E-state index < -0.39 is 0 Å². The van der Waals surface area contributed by atoms with Crippen molar-refractivity contribution in [1.29, 1.82) is 0 Å². The fourth-order valence-electron chi connectivity index (χ4n) is 2.10. The van der Waals surface area contributed by atoms with Crippen molar-refractivity contribution in [3.63, 3.8) is 0 Å². The molecule has 1 aliphatic heterocycles. The van der Waals surface area contributed by atoms with Gasteiger partial charge in [0.15, 0.2) is 0 Å². The second-order valence-corrected chi connectivity index (χ2v) is 5.28. The van der Waals surface area contributed by atoms with Crippen molar-refractivity contribution >= 4 is 0 Å². The highest BCUT2D eigenvalue weighted by Crippen LogP contribution is 2.08. The lowest BCUT2D eigenvalue weighted by Crippen LogP contribution is -2.25. The van der Waals surface area contributed by atoms with Crippen LogP contribution in [0.25, 0.3) is 0 Å². The number of hydrogen-bond acceptors (Lipinski definition) is 5. The largest absolute Gasteiger partial charge is 0.475 e. The molecule has 1 aliphatic rings. The Labute approximate surface area is 115 Å². The van der Waals surface area contributed by atoms with Gasteiger partial charge in [-0.2, -0.15) is 0 Å². The molecule has 0 spiro atoms. The average Bonchev–Trinajstić information content (AvgIpc) is 2.91. The number of ether oxygens (including phenoxy) is 1. The SMILES string of the molecule is CC(C)NCc1cnc(OCCN2CCCC2)cn1. The van der Waals surface area contributed by atoms with Crippen LogP contribution in [0, 0.1) is 0 Å². The molecule has 0 saturated carbocycles. The van der Waals surface area contributed by atoms with Gasteiger partial charge in [0.1, 0.15) is 6.61 Å². The highest BCUT2D eigenvalue weighted by atomic mass is 16.5. The van der Waals surface area contributed by atoms with Gasteiger partial charge in [-0.15, -0.1) is 0 Å². The van der Waals surface area contributed by atoms with E-state index in [2.05, 4.69) is 34.0 Å². The van der Waals surface area contributed by atoms with Crippen LogP contribution < -0.4 is 10.1 Å². The highest BCUT2D eigenvalue weighted by Gasteiger charge is 2.10. The summed E-state index contributed by atoms with van der Waals surface area (Å²) in [7, 11) is 0.